The molecule has 0 atom stereocenters. The molecule has 6 heteroatoms. The summed E-state index contributed by atoms with van der Waals surface area (Å²) in [6.45, 7) is 0. The van der Waals surface area contributed by atoms with Crippen molar-refractivity contribution in [3.63, 3.8) is 0 Å². The lowest BCUT2D eigenvalue weighted by Gasteiger charge is -2.11. The molecule has 178 valence electrons. The first-order valence-corrected chi connectivity index (χ1v) is 12.9. The lowest BCUT2D eigenvalue weighted by Crippen LogP contribution is -2.01. The number of aryl methyl sites for hydroxylation is 1. The Bertz CT molecular complexity index is 2360. The molecule has 0 N–H and O–H groups in total. The van der Waals surface area contributed by atoms with Gasteiger partial charge in [0.2, 0.25) is 0 Å². The van der Waals surface area contributed by atoms with E-state index in [1.807, 2.05) is 18.2 Å². The molecule has 5 heterocycles. The van der Waals surface area contributed by atoms with E-state index in [1.54, 1.807) is 0 Å². The molecule has 0 unspecified atom stereocenters. The van der Waals surface area contributed by atoms with Gasteiger partial charge in [0, 0.05) is 10.8 Å². The topological polar surface area (TPSA) is 60.4 Å². The number of fused-ring (bicyclic) bond motifs is 14. The van der Waals surface area contributed by atoms with E-state index in [-0.39, 0.29) is 0 Å². The van der Waals surface area contributed by atoms with Gasteiger partial charge in [0.1, 0.15) is 11.0 Å². The Morgan fingerprint density at radius 2 is 1.16 bits per heavy atom. The van der Waals surface area contributed by atoms with Crippen LogP contribution < -0.4 is 0 Å². The Kier molecular flexibility index (Phi) is 3.81. The largest absolute Gasteiger partial charge is 0.292 e. The van der Waals surface area contributed by atoms with E-state index >= 15 is 0 Å². The number of hydrogen-bond donors (Lipinski definition) is 0. The van der Waals surface area contributed by atoms with E-state index in [2.05, 4.69) is 87.7 Å². The molecule has 0 amide bonds. The fourth-order valence-electron chi connectivity index (χ4n) is 5.99. The molecule has 0 saturated carbocycles. The van der Waals surface area contributed by atoms with Gasteiger partial charge in [-0.2, -0.15) is 0 Å². The zero-order chi connectivity index (χ0) is 24.8. The number of nitrogens with zero attached hydrogens (tertiary/aromatic N) is 6. The maximum Gasteiger partial charge on any atom is 0.166 e. The van der Waals surface area contributed by atoms with Crippen LogP contribution in [0, 0.1) is 0 Å². The minimum atomic E-state index is 0.810. The Balaban J connectivity index is 1.71. The summed E-state index contributed by atoms with van der Waals surface area (Å²) in [5.41, 5.74) is 11.3. The van der Waals surface area contributed by atoms with Crippen molar-refractivity contribution in [1.82, 2.24) is 28.7 Å². The number of aromatic nitrogens is 6. The summed E-state index contributed by atoms with van der Waals surface area (Å²) >= 11 is 0. The van der Waals surface area contributed by atoms with Crippen molar-refractivity contribution in [2.24, 2.45) is 0 Å². The Labute approximate surface area is 216 Å². The fraction of sp³-hybridized carbons (Fsp3) is 0.0625. The molecule has 1 aliphatic carbocycles. The summed E-state index contributed by atoms with van der Waals surface area (Å²) < 4.78 is 4.51. The SMILES string of the molecule is C1=Cc2nc3c4nc5ccccc5cc4n4c5ccccc5nc4c4nc5ccccc5cc4n3c2CC1. The van der Waals surface area contributed by atoms with Gasteiger partial charge in [0.25, 0.3) is 0 Å². The van der Waals surface area contributed by atoms with Crippen LogP contribution in [0.15, 0.2) is 91.0 Å². The smallest absolute Gasteiger partial charge is 0.166 e. The lowest BCUT2D eigenvalue weighted by molar-refractivity contribution is 0.921. The van der Waals surface area contributed by atoms with Gasteiger partial charge in [0.05, 0.1) is 44.5 Å². The van der Waals surface area contributed by atoms with Gasteiger partial charge in [-0.15, -0.1) is 0 Å². The van der Waals surface area contributed by atoms with Crippen LogP contribution in [0.2, 0.25) is 0 Å². The fourth-order valence-corrected chi connectivity index (χ4v) is 5.99. The number of hydrogen-bond acceptors (Lipinski definition) is 4. The van der Waals surface area contributed by atoms with Gasteiger partial charge in [-0.1, -0.05) is 54.6 Å². The third-order valence-corrected chi connectivity index (χ3v) is 7.70. The normalized spacial score (nSPS) is 13.5. The number of para-hydroxylation sites is 4. The Hall–Kier alpha value is -5.10. The van der Waals surface area contributed by atoms with Crippen molar-refractivity contribution in [3.8, 4) is 0 Å². The van der Waals surface area contributed by atoms with Gasteiger partial charge >= 0.3 is 0 Å². The molecule has 9 rings (SSSR count). The van der Waals surface area contributed by atoms with Crippen molar-refractivity contribution >= 4 is 72.3 Å². The molecule has 5 aromatic heterocycles. The van der Waals surface area contributed by atoms with Crippen LogP contribution in [0.25, 0.3) is 72.3 Å². The second-order valence-corrected chi connectivity index (χ2v) is 9.90. The second kappa shape index (κ2) is 7.23. The standard InChI is InChI=1S/C32H20N6/c1-3-11-21-19(9-1)17-27-29(33-21)31-35-24-14-6-8-16-26(24)38(31)28-18-20-10-2-4-12-22(20)34-30(28)32-36-23-13-5-7-15-25(23)37(27)32/h1-7,9-15,17-18H,8,16H2. The van der Waals surface area contributed by atoms with Crippen LogP contribution in [0.5, 0.6) is 0 Å². The highest BCUT2D eigenvalue weighted by Gasteiger charge is 2.21. The summed E-state index contributed by atoms with van der Waals surface area (Å²) in [5.74, 6) is 0. The molecule has 0 radical (unpaired) electrons. The minimum Gasteiger partial charge on any atom is -0.292 e. The van der Waals surface area contributed by atoms with Gasteiger partial charge in [-0.3, -0.25) is 8.80 Å². The Morgan fingerprint density at radius 3 is 1.89 bits per heavy atom. The number of imidazole rings is 2. The molecule has 1 aliphatic rings. The van der Waals surface area contributed by atoms with Crippen LogP contribution >= 0.6 is 0 Å². The predicted molar refractivity (Wildman–Crippen MR) is 153 cm³/mol. The number of benzene rings is 3. The average Bonchev–Trinajstić information content (AvgIpc) is 3.54. The van der Waals surface area contributed by atoms with Gasteiger partial charge in [-0.25, -0.2) is 19.9 Å². The third-order valence-electron chi connectivity index (χ3n) is 7.70. The van der Waals surface area contributed by atoms with Crippen molar-refractivity contribution in [1.29, 1.82) is 0 Å². The molecule has 3 aromatic carbocycles. The van der Waals surface area contributed by atoms with Crippen LogP contribution in [0.3, 0.4) is 0 Å². The lowest BCUT2D eigenvalue weighted by atomic mass is 10.1. The van der Waals surface area contributed by atoms with E-state index in [9.17, 15) is 0 Å². The first-order valence-electron chi connectivity index (χ1n) is 12.9. The van der Waals surface area contributed by atoms with Crippen LogP contribution in [-0.4, -0.2) is 28.7 Å². The molecule has 0 spiro atoms. The van der Waals surface area contributed by atoms with Gasteiger partial charge in [0.15, 0.2) is 11.3 Å². The molecule has 0 fully saturated rings. The quantitative estimate of drug-likeness (QED) is 0.229. The minimum absolute atomic E-state index is 0.810. The molecule has 8 aromatic rings. The molecule has 6 nitrogen and oxygen atoms in total. The highest BCUT2D eigenvalue weighted by atomic mass is 15.1. The van der Waals surface area contributed by atoms with Gasteiger partial charge in [-0.05, 0) is 55.3 Å². The highest BCUT2D eigenvalue weighted by Crippen LogP contribution is 2.33. The van der Waals surface area contributed by atoms with Crippen LogP contribution in [0.4, 0.5) is 0 Å². The number of rotatable bonds is 0. The molecular formula is C32H20N6. The Morgan fingerprint density at radius 1 is 0.553 bits per heavy atom. The third kappa shape index (κ3) is 2.61. The summed E-state index contributed by atoms with van der Waals surface area (Å²) in [7, 11) is 0. The zero-order valence-corrected chi connectivity index (χ0v) is 20.3. The van der Waals surface area contributed by atoms with Crippen molar-refractivity contribution < 1.29 is 0 Å². The van der Waals surface area contributed by atoms with E-state index < -0.39 is 0 Å². The number of pyridine rings is 2. The van der Waals surface area contributed by atoms with E-state index in [4.69, 9.17) is 19.9 Å². The van der Waals surface area contributed by atoms with Gasteiger partial charge < -0.3 is 0 Å². The summed E-state index contributed by atoms with van der Waals surface area (Å²) in [4.78, 5) is 20.9. The van der Waals surface area contributed by atoms with Crippen molar-refractivity contribution in [2.75, 3.05) is 0 Å². The van der Waals surface area contributed by atoms with Crippen LogP contribution in [0.1, 0.15) is 17.8 Å². The molecule has 0 aliphatic heterocycles. The summed E-state index contributed by atoms with van der Waals surface area (Å²) in [6.07, 6.45) is 6.23. The first kappa shape index (κ1) is 20.0. The highest BCUT2D eigenvalue weighted by molar-refractivity contribution is 6.06. The van der Waals surface area contributed by atoms with E-state index in [0.29, 0.717) is 0 Å². The van der Waals surface area contributed by atoms with Crippen LogP contribution in [-0.2, 0) is 6.42 Å². The molecule has 0 saturated heterocycles. The predicted octanol–water partition coefficient (Wildman–Crippen LogP) is 7.06. The summed E-state index contributed by atoms with van der Waals surface area (Å²) in [6, 6.07) is 29.3. The van der Waals surface area contributed by atoms with Crippen molar-refractivity contribution in [2.45, 2.75) is 12.8 Å². The zero-order valence-electron chi connectivity index (χ0n) is 20.3. The number of allylic oxidation sites excluding steroid dienone is 1. The molecular weight excluding hydrogens is 468 g/mol. The van der Waals surface area contributed by atoms with E-state index in [1.165, 1.54) is 5.69 Å². The molecule has 38 heavy (non-hydrogen) atoms. The summed E-state index contributed by atoms with van der Waals surface area (Å²) in [5, 5.41) is 2.16. The van der Waals surface area contributed by atoms with E-state index in [0.717, 1.165) is 84.7 Å². The second-order valence-electron chi connectivity index (χ2n) is 9.90. The molecule has 0 bridgehead atoms. The van der Waals surface area contributed by atoms with Crippen molar-refractivity contribution in [3.05, 3.63) is 102 Å². The maximum atomic E-state index is 5.25. The maximum absolute atomic E-state index is 5.25. The first-order chi connectivity index (χ1) is 18.8. The average molecular weight is 489 g/mol. The monoisotopic (exact) mass is 488 g/mol.